The summed E-state index contributed by atoms with van der Waals surface area (Å²) < 4.78 is 16.5. The van der Waals surface area contributed by atoms with Crippen molar-refractivity contribution in [3.8, 4) is 16.9 Å². The Morgan fingerprint density at radius 1 is 1.19 bits per heavy atom. The quantitative estimate of drug-likeness (QED) is 0.244. The summed E-state index contributed by atoms with van der Waals surface area (Å²) in [6.45, 7) is 5.68. The summed E-state index contributed by atoms with van der Waals surface area (Å²) in [4.78, 5) is 14.9. The van der Waals surface area contributed by atoms with E-state index in [9.17, 15) is 25.2 Å². The molecule has 0 radical (unpaired) electrons. The molecule has 0 aliphatic carbocycles. The van der Waals surface area contributed by atoms with Crippen LogP contribution in [0, 0.1) is 6.92 Å². The number of amides is 1. The predicted molar refractivity (Wildman–Crippen MR) is 134 cm³/mol. The highest BCUT2D eigenvalue weighted by Gasteiger charge is 2.54. The highest BCUT2D eigenvalue weighted by Crippen LogP contribution is 2.32. The Bertz CT molecular complexity index is 1080. The van der Waals surface area contributed by atoms with E-state index >= 15 is 0 Å². The number of aryl methyl sites for hydroxylation is 1. The van der Waals surface area contributed by atoms with Gasteiger partial charge in [-0.25, -0.2) is 0 Å². The van der Waals surface area contributed by atoms with E-state index in [4.69, 9.17) is 19.9 Å². The van der Waals surface area contributed by atoms with Gasteiger partial charge in [-0.05, 0) is 47.9 Å². The molecule has 11 heteroatoms. The SMILES string of the molecule is Cc1cc(-c2cccc(C(=O)NCCN3CCOCC3)c2)ccc1O[C@H]1O[C@H](CO)[C@@H](O)[C@H](O)[C@]1(N)O. The number of hydrogen-bond donors (Lipinski definition) is 6. The first-order valence-corrected chi connectivity index (χ1v) is 12.3. The summed E-state index contributed by atoms with van der Waals surface area (Å²) in [5, 5.41) is 43.0. The van der Waals surface area contributed by atoms with E-state index in [1.165, 1.54) is 0 Å². The third-order valence-electron chi connectivity index (χ3n) is 6.72. The Labute approximate surface area is 215 Å². The molecule has 2 aromatic rings. The fraction of sp³-hybridized carbons (Fsp3) is 0.500. The number of nitrogens with two attached hydrogens (primary N) is 1. The molecule has 7 N–H and O–H groups in total. The van der Waals surface area contributed by atoms with Gasteiger partial charge in [-0.15, -0.1) is 0 Å². The van der Waals surface area contributed by atoms with Gasteiger partial charge in [-0.2, -0.15) is 0 Å². The number of benzene rings is 2. The lowest BCUT2D eigenvalue weighted by molar-refractivity contribution is -0.319. The van der Waals surface area contributed by atoms with Crippen LogP contribution < -0.4 is 15.8 Å². The fourth-order valence-corrected chi connectivity index (χ4v) is 4.41. The first-order chi connectivity index (χ1) is 17.7. The lowest BCUT2D eigenvalue weighted by atomic mass is 9.94. The molecular weight excluding hydrogens is 482 g/mol. The number of ether oxygens (including phenoxy) is 3. The van der Waals surface area contributed by atoms with Crippen molar-refractivity contribution in [2.45, 2.75) is 37.3 Å². The molecule has 2 aromatic carbocycles. The van der Waals surface area contributed by atoms with E-state index in [1.807, 2.05) is 24.3 Å². The molecule has 37 heavy (non-hydrogen) atoms. The van der Waals surface area contributed by atoms with Crippen LogP contribution in [-0.4, -0.2) is 108 Å². The van der Waals surface area contributed by atoms with Crippen molar-refractivity contribution >= 4 is 5.91 Å². The maximum absolute atomic E-state index is 12.7. The molecule has 11 nitrogen and oxygen atoms in total. The van der Waals surface area contributed by atoms with Gasteiger partial charge in [0.2, 0.25) is 12.0 Å². The molecular formula is C26H35N3O8. The summed E-state index contributed by atoms with van der Waals surface area (Å²) in [5.74, 6) is 0.178. The average Bonchev–Trinajstić information content (AvgIpc) is 2.90. The number of hydrogen-bond acceptors (Lipinski definition) is 10. The Hall–Kier alpha value is -2.61. The zero-order valence-electron chi connectivity index (χ0n) is 20.7. The van der Waals surface area contributed by atoms with E-state index in [2.05, 4.69) is 10.2 Å². The maximum atomic E-state index is 12.7. The number of aliphatic hydroxyl groups is 4. The van der Waals surface area contributed by atoms with Crippen molar-refractivity contribution in [1.82, 2.24) is 10.2 Å². The Balaban J connectivity index is 1.42. The van der Waals surface area contributed by atoms with Crippen LogP contribution in [0.15, 0.2) is 42.5 Å². The third kappa shape index (κ3) is 6.28. The molecule has 1 amide bonds. The fourth-order valence-electron chi connectivity index (χ4n) is 4.41. The van der Waals surface area contributed by atoms with E-state index in [0.29, 0.717) is 36.6 Å². The number of morpholine rings is 1. The molecule has 202 valence electrons. The minimum atomic E-state index is -2.40. The number of nitrogens with zero attached hydrogens (tertiary/aromatic N) is 1. The minimum Gasteiger partial charge on any atom is -0.460 e. The second kappa shape index (κ2) is 11.8. The van der Waals surface area contributed by atoms with Crippen LogP contribution in [0.5, 0.6) is 5.75 Å². The van der Waals surface area contributed by atoms with Gasteiger partial charge in [-0.3, -0.25) is 15.4 Å². The third-order valence-corrected chi connectivity index (χ3v) is 6.72. The highest BCUT2D eigenvalue weighted by atomic mass is 16.7. The number of rotatable bonds is 8. The van der Waals surface area contributed by atoms with Gasteiger partial charge in [-0.1, -0.05) is 18.2 Å². The normalized spacial score (nSPS) is 28.6. The van der Waals surface area contributed by atoms with Crippen LogP contribution in [0.25, 0.3) is 11.1 Å². The second-order valence-corrected chi connectivity index (χ2v) is 9.40. The first-order valence-electron chi connectivity index (χ1n) is 12.3. The maximum Gasteiger partial charge on any atom is 0.251 e. The van der Waals surface area contributed by atoms with Gasteiger partial charge in [0.1, 0.15) is 24.1 Å². The summed E-state index contributed by atoms with van der Waals surface area (Å²) in [6.07, 6.45) is -6.07. The molecule has 2 aliphatic heterocycles. The van der Waals surface area contributed by atoms with E-state index in [0.717, 1.165) is 30.8 Å². The number of aliphatic hydroxyl groups excluding tert-OH is 3. The van der Waals surface area contributed by atoms with Crippen molar-refractivity contribution in [2.24, 2.45) is 5.73 Å². The molecule has 0 saturated carbocycles. The molecule has 0 aromatic heterocycles. The second-order valence-electron chi connectivity index (χ2n) is 9.40. The van der Waals surface area contributed by atoms with Gasteiger partial charge in [0.25, 0.3) is 5.91 Å². The summed E-state index contributed by atoms with van der Waals surface area (Å²) >= 11 is 0. The zero-order valence-corrected chi connectivity index (χ0v) is 20.7. The lowest BCUT2D eigenvalue weighted by Gasteiger charge is -2.45. The van der Waals surface area contributed by atoms with Gasteiger partial charge in [0.15, 0.2) is 0 Å². The number of carbonyl (C=O) groups is 1. The number of carbonyl (C=O) groups excluding carboxylic acids is 1. The Morgan fingerprint density at radius 3 is 2.62 bits per heavy atom. The van der Waals surface area contributed by atoms with Gasteiger partial charge >= 0.3 is 0 Å². The van der Waals surface area contributed by atoms with Crippen molar-refractivity contribution in [3.05, 3.63) is 53.6 Å². The summed E-state index contributed by atoms with van der Waals surface area (Å²) in [7, 11) is 0. The minimum absolute atomic E-state index is 0.150. The smallest absolute Gasteiger partial charge is 0.251 e. The first kappa shape index (κ1) is 27.4. The molecule has 0 spiro atoms. The summed E-state index contributed by atoms with van der Waals surface area (Å²) in [6, 6.07) is 12.6. The highest BCUT2D eigenvalue weighted by molar-refractivity contribution is 5.95. The topological polar surface area (TPSA) is 167 Å². The number of nitrogens with one attached hydrogen (secondary N) is 1. The van der Waals surface area contributed by atoms with Crippen LogP contribution in [-0.2, 0) is 9.47 Å². The Kier molecular flexibility index (Phi) is 8.78. The van der Waals surface area contributed by atoms with E-state index in [-0.39, 0.29) is 5.91 Å². The van der Waals surface area contributed by atoms with Crippen LogP contribution in [0.1, 0.15) is 15.9 Å². The van der Waals surface area contributed by atoms with Crippen molar-refractivity contribution in [2.75, 3.05) is 46.0 Å². The predicted octanol–water partition coefficient (Wildman–Crippen LogP) is -0.811. The van der Waals surface area contributed by atoms with Crippen LogP contribution in [0.4, 0.5) is 0 Å². The van der Waals surface area contributed by atoms with Crippen LogP contribution in [0.3, 0.4) is 0 Å². The molecule has 5 atom stereocenters. The van der Waals surface area contributed by atoms with Gasteiger partial charge in [0.05, 0.1) is 19.8 Å². The molecule has 2 saturated heterocycles. The molecule has 2 aliphatic rings. The molecule has 0 unspecified atom stereocenters. The summed E-state index contributed by atoms with van der Waals surface area (Å²) in [5.41, 5.74) is 6.27. The lowest BCUT2D eigenvalue weighted by Crippen LogP contribution is -2.72. The van der Waals surface area contributed by atoms with Crippen molar-refractivity contribution in [1.29, 1.82) is 0 Å². The van der Waals surface area contributed by atoms with E-state index < -0.39 is 36.9 Å². The van der Waals surface area contributed by atoms with Crippen molar-refractivity contribution in [3.63, 3.8) is 0 Å². The largest absolute Gasteiger partial charge is 0.460 e. The molecule has 0 bridgehead atoms. The van der Waals surface area contributed by atoms with E-state index in [1.54, 1.807) is 25.1 Å². The molecule has 4 rings (SSSR count). The molecule has 2 heterocycles. The molecule has 2 fully saturated rings. The van der Waals surface area contributed by atoms with Crippen molar-refractivity contribution < 1.29 is 39.4 Å². The van der Waals surface area contributed by atoms with Crippen LogP contribution in [0.2, 0.25) is 0 Å². The average molecular weight is 518 g/mol. The van der Waals surface area contributed by atoms with Gasteiger partial charge in [0, 0.05) is 31.7 Å². The Morgan fingerprint density at radius 2 is 1.92 bits per heavy atom. The van der Waals surface area contributed by atoms with Gasteiger partial charge < -0.3 is 40.0 Å². The monoisotopic (exact) mass is 517 g/mol. The standard InChI is InChI=1S/C26H35N3O8/c1-16-13-18(5-6-20(16)36-25-26(27,34)23(32)22(31)21(15-30)37-25)17-3-2-4-19(14-17)24(33)28-7-8-29-9-11-35-12-10-29/h2-6,13-14,21-23,25,30-32,34H,7-12,15,27H2,1H3,(H,28,33)/t21-,22-,23+,25+,26+/m1/s1. The van der Waals surface area contributed by atoms with Crippen LogP contribution >= 0.6 is 0 Å². The zero-order chi connectivity index (χ0) is 26.6.